The largest absolute Gasteiger partial charge is 0.388 e. The van der Waals surface area contributed by atoms with Crippen molar-refractivity contribution in [3.05, 3.63) is 10.6 Å². The summed E-state index contributed by atoms with van der Waals surface area (Å²) in [5.41, 5.74) is 1.12. The molecule has 4 heteroatoms. The number of anilines is 1. The number of aromatic nitrogens is 1. The number of thiazole rings is 1. The van der Waals surface area contributed by atoms with E-state index in [4.69, 9.17) is 0 Å². The van der Waals surface area contributed by atoms with Gasteiger partial charge in [0, 0.05) is 13.6 Å². The molecule has 1 aromatic rings. The van der Waals surface area contributed by atoms with Crippen LogP contribution in [0.4, 0.5) is 5.13 Å². The average Bonchev–Trinajstić information content (AvgIpc) is 2.63. The first-order valence-corrected chi connectivity index (χ1v) is 6.42. The number of nitrogens with zero attached hydrogens (tertiary/aromatic N) is 2. The van der Waals surface area contributed by atoms with Gasteiger partial charge < -0.3 is 10.0 Å². The van der Waals surface area contributed by atoms with E-state index in [1.165, 1.54) is 0 Å². The van der Waals surface area contributed by atoms with Gasteiger partial charge in [0.25, 0.3) is 0 Å². The summed E-state index contributed by atoms with van der Waals surface area (Å²) >= 11 is 1.66. The summed E-state index contributed by atoms with van der Waals surface area (Å²) in [6.07, 6.45) is 3.85. The summed E-state index contributed by atoms with van der Waals surface area (Å²) in [6.45, 7) is 3.20. The van der Waals surface area contributed by atoms with Gasteiger partial charge in [-0.15, -0.1) is 0 Å². The molecule has 0 saturated carbocycles. The molecule has 0 fully saturated rings. The van der Waals surface area contributed by atoms with E-state index < -0.39 is 0 Å². The van der Waals surface area contributed by atoms with E-state index >= 15 is 0 Å². The zero-order valence-corrected chi connectivity index (χ0v) is 10.2. The molecule has 1 aliphatic rings. The van der Waals surface area contributed by atoms with Gasteiger partial charge in [-0.3, -0.25) is 0 Å². The molecule has 1 unspecified atom stereocenters. The fraction of sp³-hybridized carbons (Fsp3) is 0.727. The standard InChI is InChI=1S/C11H18N2OS/c1-3-7-13(2)11-12-8-5-4-6-9(14)10(8)15-11/h9,14H,3-7H2,1-2H3. The van der Waals surface area contributed by atoms with Gasteiger partial charge in [0.2, 0.25) is 0 Å². The Labute approximate surface area is 94.8 Å². The summed E-state index contributed by atoms with van der Waals surface area (Å²) in [5.74, 6) is 0. The van der Waals surface area contributed by atoms with Crippen LogP contribution in [0.15, 0.2) is 0 Å². The van der Waals surface area contributed by atoms with Crippen LogP contribution in [0.5, 0.6) is 0 Å². The van der Waals surface area contributed by atoms with Gasteiger partial charge in [-0.1, -0.05) is 18.3 Å². The maximum Gasteiger partial charge on any atom is 0.185 e. The number of hydrogen-bond donors (Lipinski definition) is 1. The molecule has 84 valence electrons. The Kier molecular flexibility index (Phi) is 3.26. The minimum atomic E-state index is -0.268. The molecule has 3 nitrogen and oxygen atoms in total. The van der Waals surface area contributed by atoms with Crippen molar-refractivity contribution in [2.75, 3.05) is 18.5 Å². The fourth-order valence-electron chi connectivity index (χ4n) is 1.98. The third kappa shape index (κ3) is 2.16. The number of aryl methyl sites for hydroxylation is 1. The van der Waals surface area contributed by atoms with Gasteiger partial charge in [-0.2, -0.15) is 0 Å². The molecule has 0 spiro atoms. The highest BCUT2D eigenvalue weighted by molar-refractivity contribution is 7.15. The monoisotopic (exact) mass is 226 g/mol. The first kappa shape index (κ1) is 10.9. The Morgan fingerprint density at radius 3 is 3.07 bits per heavy atom. The van der Waals surface area contributed by atoms with Crippen LogP contribution in [0.1, 0.15) is 42.9 Å². The predicted molar refractivity (Wildman–Crippen MR) is 63.6 cm³/mol. The highest BCUT2D eigenvalue weighted by Crippen LogP contribution is 2.37. The molecule has 0 aliphatic heterocycles. The van der Waals surface area contributed by atoms with Crippen LogP contribution < -0.4 is 4.90 Å². The average molecular weight is 226 g/mol. The molecule has 1 atom stereocenters. The summed E-state index contributed by atoms with van der Waals surface area (Å²) in [5, 5.41) is 10.9. The van der Waals surface area contributed by atoms with Crippen molar-refractivity contribution in [2.24, 2.45) is 0 Å². The van der Waals surface area contributed by atoms with Crippen LogP contribution in [0.25, 0.3) is 0 Å². The molecule has 1 N–H and O–H groups in total. The van der Waals surface area contributed by atoms with E-state index in [0.29, 0.717) is 0 Å². The third-order valence-corrected chi connectivity index (χ3v) is 4.11. The molecule has 1 aliphatic carbocycles. The first-order chi connectivity index (χ1) is 7.22. The second kappa shape index (κ2) is 4.49. The Morgan fingerprint density at radius 1 is 1.60 bits per heavy atom. The third-order valence-electron chi connectivity index (χ3n) is 2.80. The van der Waals surface area contributed by atoms with E-state index in [9.17, 15) is 5.11 Å². The van der Waals surface area contributed by atoms with Gasteiger partial charge in [0.05, 0.1) is 16.7 Å². The smallest absolute Gasteiger partial charge is 0.185 e. The molecule has 1 heterocycles. The molecule has 0 radical (unpaired) electrons. The Balaban J connectivity index is 2.21. The molecule has 0 bridgehead atoms. The highest BCUT2D eigenvalue weighted by atomic mass is 32.1. The van der Waals surface area contributed by atoms with Crippen molar-refractivity contribution < 1.29 is 5.11 Å². The maximum atomic E-state index is 9.84. The van der Waals surface area contributed by atoms with Gasteiger partial charge >= 0.3 is 0 Å². The number of aliphatic hydroxyl groups is 1. The molecular formula is C11H18N2OS. The van der Waals surface area contributed by atoms with E-state index in [2.05, 4.69) is 23.9 Å². The topological polar surface area (TPSA) is 36.4 Å². The lowest BCUT2D eigenvalue weighted by Crippen LogP contribution is -2.17. The number of rotatable bonds is 3. The minimum Gasteiger partial charge on any atom is -0.388 e. The van der Waals surface area contributed by atoms with Crippen molar-refractivity contribution in [1.29, 1.82) is 0 Å². The lowest BCUT2D eigenvalue weighted by molar-refractivity contribution is 0.160. The van der Waals surface area contributed by atoms with Gasteiger partial charge in [0.15, 0.2) is 5.13 Å². The van der Waals surface area contributed by atoms with Gasteiger partial charge in [0.1, 0.15) is 0 Å². The molecule has 0 amide bonds. The van der Waals surface area contributed by atoms with E-state index in [1.54, 1.807) is 11.3 Å². The molecule has 1 aromatic heterocycles. The molecule has 0 aromatic carbocycles. The van der Waals surface area contributed by atoms with Crippen molar-refractivity contribution in [1.82, 2.24) is 4.98 Å². The fourth-order valence-corrected chi connectivity index (χ4v) is 3.10. The number of hydrogen-bond acceptors (Lipinski definition) is 4. The summed E-state index contributed by atoms with van der Waals surface area (Å²) in [6, 6.07) is 0. The second-order valence-electron chi connectivity index (χ2n) is 4.14. The lowest BCUT2D eigenvalue weighted by Gasteiger charge is -2.14. The highest BCUT2D eigenvalue weighted by Gasteiger charge is 2.23. The van der Waals surface area contributed by atoms with Crippen molar-refractivity contribution in [2.45, 2.75) is 38.7 Å². The number of fused-ring (bicyclic) bond motifs is 1. The van der Waals surface area contributed by atoms with Gasteiger partial charge in [-0.25, -0.2) is 4.98 Å². The van der Waals surface area contributed by atoms with Crippen LogP contribution in [0.3, 0.4) is 0 Å². The van der Waals surface area contributed by atoms with Crippen LogP contribution in [0, 0.1) is 0 Å². The van der Waals surface area contributed by atoms with Crippen molar-refractivity contribution in [3.63, 3.8) is 0 Å². The second-order valence-corrected chi connectivity index (χ2v) is 5.15. The zero-order chi connectivity index (χ0) is 10.8. The maximum absolute atomic E-state index is 9.84. The van der Waals surface area contributed by atoms with Gasteiger partial charge in [-0.05, 0) is 25.7 Å². The first-order valence-electron chi connectivity index (χ1n) is 5.61. The molecular weight excluding hydrogens is 208 g/mol. The van der Waals surface area contributed by atoms with Crippen LogP contribution in [-0.4, -0.2) is 23.7 Å². The molecule has 0 saturated heterocycles. The van der Waals surface area contributed by atoms with E-state index in [-0.39, 0.29) is 6.10 Å². The molecule has 15 heavy (non-hydrogen) atoms. The van der Waals surface area contributed by atoms with Crippen LogP contribution >= 0.6 is 11.3 Å². The lowest BCUT2D eigenvalue weighted by atomic mass is 10.0. The quantitative estimate of drug-likeness (QED) is 0.859. The SMILES string of the molecule is CCCN(C)c1nc2c(s1)C(O)CCC2. The van der Waals surface area contributed by atoms with E-state index in [1.807, 2.05) is 0 Å². The zero-order valence-electron chi connectivity index (χ0n) is 9.36. The molecule has 2 rings (SSSR count). The summed E-state index contributed by atoms with van der Waals surface area (Å²) < 4.78 is 0. The minimum absolute atomic E-state index is 0.268. The summed E-state index contributed by atoms with van der Waals surface area (Å²) in [4.78, 5) is 7.88. The Morgan fingerprint density at radius 2 is 2.40 bits per heavy atom. The number of aliphatic hydroxyl groups excluding tert-OH is 1. The summed E-state index contributed by atoms with van der Waals surface area (Å²) in [7, 11) is 2.07. The van der Waals surface area contributed by atoms with Crippen molar-refractivity contribution in [3.8, 4) is 0 Å². The van der Waals surface area contributed by atoms with Crippen LogP contribution in [-0.2, 0) is 6.42 Å². The Hall–Kier alpha value is -0.610. The Bertz CT molecular complexity index is 337. The van der Waals surface area contributed by atoms with Crippen LogP contribution in [0.2, 0.25) is 0 Å². The van der Waals surface area contributed by atoms with E-state index in [0.717, 1.165) is 47.9 Å². The normalized spacial score (nSPS) is 20.1. The van der Waals surface area contributed by atoms with Crippen molar-refractivity contribution >= 4 is 16.5 Å². The predicted octanol–water partition coefficient (Wildman–Crippen LogP) is 2.36.